The molecule has 0 radical (unpaired) electrons. The third-order valence-corrected chi connectivity index (χ3v) is 5.25. The number of hydrogen-bond donors (Lipinski definition) is 0. The number of para-hydroxylation sites is 1. The second-order valence-electron chi connectivity index (χ2n) is 6.79. The first-order chi connectivity index (χ1) is 13.7. The average Bonchev–Trinajstić information content (AvgIpc) is 2.74. The van der Waals surface area contributed by atoms with E-state index in [-0.39, 0.29) is 12.0 Å². The number of ether oxygens (including phenoxy) is 2. The topological polar surface area (TPSA) is 51.7 Å². The molecule has 1 saturated heterocycles. The van der Waals surface area contributed by atoms with Gasteiger partial charge in [-0.05, 0) is 30.3 Å². The molecule has 0 spiro atoms. The molecule has 0 saturated carbocycles. The highest BCUT2D eigenvalue weighted by atomic mass is 35.5. The Bertz CT molecular complexity index is 995. The highest BCUT2D eigenvalue weighted by Crippen LogP contribution is 2.28. The van der Waals surface area contributed by atoms with Gasteiger partial charge in [-0.1, -0.05) is 29.8 Å². The second kappa shape index (κ2) is 8.07. The summed E-state index contributed by atoms with van der Waals surface area (Å²) in [5.41, 5.74) is 1.36. The summed E-state index contributed by atoms with van der Waals surface area (Å²) in [7, 11) is 1.55. The van der Waals surface area contributed by atoms with Crippen molar-refractivity contribution in [2.24, 2.45) is 0 Å². The van der Waals surface area contributed by atoms with Gasteiger partial charge in [-0.3, -0.25) is 9.78 Å². The fraction of sp³-hybridized carbons (Fsp3) is 0.273. The molecule has 144 valence electrons. The van der Waals surface area contributed by atoms with Gasteiger partial charge in [0.05, 0.1) is 12.7 Å². The highest BCUT2D eigenvalue weighted by molar-refractivity contribution is 6.31. The molecule has 2 heterocycles. The van der Waals surface area contributed by atoms with Gasteiger partial charge < -0.3 is 14.4 Å². The second-order valence-corrected chi connectivity index (χ2v) is 7.22. The number of amides is 1. The number of nitrogens with zero attached hydrogens (tertiary/aromatic N) is 2. The van der Waals surface area contributed by atoms with Crippen LogP contribution in [0.3, 0.4) is 0 Å². The van der Waals surface area contributed by atoms with Crippen LogP contribution in [-0.4, -0.2) is 42.1 Å². The number of fused-ring (bicyclic) bond motifs is 1. The largest absolute Gasteiger partial charge is 0.496 e. The first-order valence-electron chi connectivity index (χ1n) is 9.29. The minimum Gasteiger partial charge on any atom is -0.496 e. The molecule has 0 aliphatic carbocycles. The Morgan fingerprint density at radius 1 is 1.11 bits per heavy atom. The zero-order valence-electron chi connectivity index (χ0n) is 15.6. The zero-order valence-corrected chi connectivity index (χ0v) is 16.4. The molecule has 5 nitrogen and oxygen atoms in total. The van der Waals surface area contributed by atoms with Gasteiger partial charge in [-0.25, -0.2) is 0 Å². The number of pyridine rings is 1. The van der Waals surface area contributed by atoms with Crippen molar-refractivity contribution >= 4 is 28.4 Å². The molecule has 0 unspecified atom stereocenters. The lowest BCUT2D eigenvalue weighted by atomic mass is 10.1. The van der Waals surface area contributed by atoms with Crippen molar-refractivity contribution in [2.45, 2.75) is 18.9 Å². The summed E-state index contributed by atoms with van der Waals surface area (Å²) in [5.74, 6) is 1.26. The summed E-state index contributed by atoms with van der Waals surface area (Å²) in [4.78, 5) is 19.2. The van der Waals surface area contributed by atoms with E-state index >= 15 is 0 Å². The number of benzene rings is 2. The van der Waals surface area contributed by atoms with E-state index in [0.29, 0.717) is 29.4 Å². The molecule has 1 fully saturated rings. The molecule has 28 heavy (non-hydrogen) atoms. The maximum Gasteiger partial charge on any atom is 0.257 e. The van der Waals surface area contributed by atoms with Gasteiger partial charge in [0.2, 0.25) is 0 Å². The number of halogens is 1. The maximum atomic E-state index is 12.9. The van der Waals surface area contributed by atoms with Gasteiger partial charge in [0.1, 0.15) is 23.1 Å². The van der Waals surface area contributed by atoms with Crippen LogP contribution in [0.25, 0.3) is 10.9 Å². The molecular formula is C22H21ClN2O3. The molecular weight excluding hydrogens is 376 g/mol. The maximum absolute atomic E-state index is 12.9. The van der Waals surface area contributed by atoms with Gasteiger partial charge in [0.15, 0.2) is 0 Å². The minimum atomic E-state index is -0.0652. The number of carbonyl (C=O) groups excluding carboxylic acids is 1. The summed E-state index contributed by atoms with van der Waals surface area (Å²) < 4.78 is 11.5. The normalized spacial score (nSPS) is 14.9. The van der Waals surface area contributed by atoms with Crippen molar-refractivity contribution in [1.29, 1.82) is 0 Å². The fourth-order valence-corrected chi connectivity index (χ4v) is 3.72. The van der Waals surface area contributed by atoms with Crippen molar-refractivity contribution in [3.8, 4) is 11.5 Å². The van der Waals surface area contributed by atoms with Crippen molar-refractivity contribution in [2.75, 3.05) is 20.2 Å². The van der Waals surface area contributed by atoms with E-state index < -0.39 is 0 Å². The molecule has 6 heteroatoms. The monoisotopic (exact) mass is 396 g/mol. The summed E-state index contributed by atoms with van der Waals surface area (Å²) in [6.45, 7) is 1.24. The van der Waals surface area contributed by atoms with Crippen molar-refractivity contribution in [3.63, 3.8) is 0 Å². The molecule has 1 aliphatic rings. The van der Waals surface area contributed by atoms with Crippen LogP contribution in [0.2, 0.25) is 5.02 Å². The Morgan fingerprint density at radius 3 is 2.68 bits per heavy atom. The zero-order chi connectivity index (χ0) is 19.5. The lowest BCUT2D eigenvalue weighted by Gasteiger charge is -2.32. The number of aromatic nitrogens is 1. The van der Waals surface area contributed by atoms with E-state index in [1.807, 2.05) is 35.2 Å². The van der Waals surface area contributed by atoms with Crippen LogP contribution in [0.15, 0.2) is 54.7 Å². The van der Waals surface area contributed by atoms with Crippen LogP contribution in [0.1, 0.15) is 23.2 Å². The smallest absolute Gasteiger partial charge is 0.257 e. The van der Waals surface area contributed by atoms with Crippen LogP contribution >= 0.6 is 11.6 Å². The van der Waals surface area contributed by atoms with E-state index in [0.717, 1.165) is 29.5 Å². The molecule has 0 bridgehead atoms. The number of rotatable bonds is 4. The summed E-state index contributed by atoms with van der Waals surface area (Å²) in [6, 6.07) is 15.0. The van der Waals surface area contributed by atoms with Gasteiger partial charge >= 0.3 is 0 Å². The molecule has 1 amide bonds. The van der Waals surface area contributed by atoms with Crippen molar-refractivity contribution in [3.05, 3.63) is 65.3 Å². The van der Waals surface area contributed by atoms with Crippen LogP contribution in [0.5, 0.6) is 11.5 Å². The predicted molar refractivity (Wildman–Crippen MR) is 109 cm³/mol. The third-order valence-electron chi connectivity index (χ3n) is 5.01. The Kier molecular flexibility index (Phi) is 5.35. The minimum absolute atomic E-state index is 0.0536. The molecule has 2 aromatic carbocycles. The number of likely N-dealkylation sites (tertiary alicyclic amines) is 1. The molecule has 1 aromatic heterocycles. The van der Waals surface area contributed by atoms with E-state index in [2.05, 4.69) is 4.98 Å². The van der Waals surface area contributed by atoms with Gasteiger partial charge in [-0.2, -0.15) is 0 Å². The fourth-order valence-electron chi connectivity index (χ4n) is 3.55. The van der Waals surface area contributed by atoms with E-state index in [9.17, 15) is 4.79 Å². The molecule has 0 atom stereocenters. The SMILES string of the molecule is COc1ccc(Cl)cc1C(=O)N1CCC(Oc2cccc3cccnc23)CC1. The predicted octanol–water partition coefficient (Wildman–Crippen LogP) is 4.58. The standard InChI is InChI=1S/C22H21ClN2O3/c1-27-19-8-7-16(23)14-18(19)22(26)25-12-9-17(10-13-25)28-20-6-2-4-15-5-3-11-24-21(15)20/h2-8,11,14,17H,9-10,12-13H2,1H3. The van der Waals surface area contributed by atoms with Gasteiger partial charge in [0.25, 0.3) is 5.91 Å². The lowest BCUT2D eigenvalue weighted by Crippen LogP contribution is -2.41. The van der Waals surface area contributed by atoms with Crippen molar-refractivity contribution in [1.82, 2.24) is 9.88 Å². The number of carbonyl (C=O) groups is 1. The van der Waals surface area contributed by atoms with Gasteiger partial charge in [-0.15, -0.1) is 0 Å². The quantitative estimate of drug-likeness (QED) is 0.647. The Labute approximate surface area is 168 Å². The average molecular weight is 397 g/mol. The molecule has 1 aliphatic heterocycles. The number of piperidine rings is 1. The summed E-state index contributed by atoms with van der Waals surface area (Å²) in [6.07, 6.45) is 3.35. The van der Waals surface area contributed by atoms with Crippen molar-refractivity contribution < 1.29 is 14.3 Å². The number of methoxy groups -OCH3 is 1. The lowest BCUT2D eigenvalue weighted by molar-refractivity contribution is 0.0594. The van der Waals surface area contributed by atoms with Crippen LogP contribution < -0.4 is 9.47 Å². The molecule has 4 rings (SSSR count). The van der Waals surface area contributed by atoms with Crippen LogP contribution in [0, 0.1) is 0 Å². The summed E-state index contributed by atoms with van der Waals surface area (Å²) in [5, 5.41) is 1.58. The molecule has 3 aromatic rings. The van der Waals surface area contributed by atoms with Crippen LogP contribution in [0.4, 0.5) is 0 Å². The van der Waals surface area contributed by atoms with E-state index in [4.69, 9.17) is 21.1 Å². The summed E-state index contributed by atoms with van der Waals surface area (Å²) >= 11 is 6.07. The Balaban J connectivity index is 1.43. The Morgan fingerprint density at radius 2 is 1.89 bits per heavy atom. The first-order valence-corrected chi connectivity index (χ1v) is 9.67. The number of hydrogen-bond acceptors (Lipinski definition) is 4. The first kappa shape index (κ1) is 18.6. The third kappa shape index (κ3) is 3.76. The van der Waals surface area contributed by atoms with Crippen LogP contribution in [-0.2, 0) is 0 Å². The van der Waals surface area contributed by atoms with E-state index in [1.54, 1.807) is 31.5 Å². The van der Waals surface area contributed by atoms with Gasteiger partial charge in [0, 0.05) is 42.5 Å². The highest BCUT2D eigenvalue weighted by Gasteiger charge is 2.27. The van der Waals surface area contributed by atoms with E-state index in [1.165, 1.54) is 0 Å². The Hall–Kier alpha value is -2.79. The molecule has 0 N–H and O–H groups in total.